The zero-order valence-corrected chi connectivity index (χ0v) is 26.4. The Morgan fingerprint density at radius 2 is 1.91 bits per heavy atom. The van der Waals surface area contributed by atoms with Crippen molar-refractivity contribution in [2.45, 2.75) is 76.3 Å². The molecule has 4 heterocycles. The fourth-order valence-corrected chi connectivity index (χ4v) is 7.33. The number of rotatable bonds is 5. The van der Waals surface area contributed by atoms with Crippen LogP contribution in [-0.4, -0.2) is 101 Å². The van der Waals surface area contributed by atoms with Crippen molar-refractivity contribution in [1.29, 1.82) is 0 Å². The molecule has 6 rings (SSSR count). The number of aryl methyl sites for hydroxylation is 3. The van der Waals surface area contributed by atoms with Gasteiger partial charge in [-0.2, -0.15) is 0 Å². The smallest absolute Gasteiger partial charge is 0.254 e. The van der Waals surface area contributed by atoms with Crippen molar-refractivity contribution in [2.24, 2.45) is 0 Å². The number of piperazine rings is 1. The molecule has 2 saturated heterocycles. The molecule has 3 aliphatic rings. The second-order valence-corrected chi connectivity index (χ2v) is 13.6. The summed E-state index contributed by atoms with van der Waals surface area (Å²) in [6.45, 7) is 6.81. The van der Waals surface area contributed by atoms with Gasteiger partial charge in [-0.05, 0) is 81.3 Å². The van der Waals surface area contributed by atoms with Crippen molar-refractivity contribution in [3.63, 3.8) is 0 Å². The lowest BCUT2D eigenvalue weighted by Gasteiger charge is -2.48. The number of halogens is 1. The molecule has 0 bridgehead atoms. The van der Waals surface area contributed by atoms with Crippen molar-refractivity contribution in [1.82, 2.24) is 29.2 Å². The highest BCUT2D eigenvalue weighted by atomic mass is 35.5. The fourth-order valence-electron chi connectivity index (χ4n) is 7.14. The number of carbonyl (C=O) groups excluding carboxylic acids is 2. The van der Waals surface area contributed by atoms with E-state index in [1.807, 2.05) is 35.9 Å². The number of fused-ring (bicyclic) bond motifs is 2. The predicted molar refractivity (Wildman–Crippen MR) is 166 cm³/mol. The maximum absolute atomic E-state index is 14.4. The van der Waals surface area contributed by atoms with E-state index in [0.717, 1.165) is 40.9 Å². The number of piperidine rings is 1. The molecule has 2 amide bonds. The number of benzene rings is 1. The van der Waals surface area contributed by atoms with E-state index in [0.29, 0.717) is 37.5 Å². The van der Waals surface area contributed by atoms with Crippen LogP contribution < -0.4 is 0 Å². The van der Waals surface area contributed by atoms with E-state index in [4.69, 9.17) is 16.6 Å². The molecule has 2 aromatic heterocycles. The van der Waals surface area contributed by atoms with Crippen LogP contribution in [0.4, 0.5) is 0 Å². The Balaban J connectivity index is 1.33. The van der Waals surface area contributed by atoms with Crippen molar-refractivity contribution < 1.29 is 19.8 Å². The highest BCUT2D eigenvalue weighted by Gasteiger charge is 2.46. The summed E-state index contributed by atoms with van der Waals surface area (Å²) in [7, 11) is 0. The zero-order chi connectivity index (χ0) is 31.2. The third-order valence-corrected chi connectivity index (χ3v) is 9.44. The normalized spacial score (nSPS) is 24.4. The minimum atomic E-state index is -1.64. The molecule has 0 radical (unpaired) electrons. The highest BCUT2D eigenvalue weighted by Crippen LogP contribution is 2.38. The van der Waals surface area contributed by atoms with Crippen LogP contribution in [-0.2, 0) is 29.0 Å². The second-order valence-electron chi connectivity index (χ2n) is 13.1. The van der Waals surface area contributed by atoms with E-state index in [-0.39, 0.29) is 31.6 Å². The van der Waals surface area contributed by atoms with Crippen molar-refractivity contribution >= 4 is 23.4 Å². The Morgan fingerprint density at radius 1 is 1.11 bits per heavy atom. The first kappa shape index (κ1) is 30.7. The molecule has 11 heteroatoms. The van der Waals surface area contributed by atoms with Crippen LogP contribution in [0.1, 0.15) is 60.8 Å². The second kappa shape index (κ2) is 11.9. The molecule has 234 valence electrons. The van der Waals surface area contributed by atoms with Gasteiger partial charge in [0.05, 0.1) is 36.8 Å². The third-order valence-electron chi connectivity index (χ3n) is 9.20. The maximum Gasteiger partial charge on any atom is 0.254 e. The van der Waals surface area contributed by atoms with Crippen LogP contribution in [0.5, 0.6) is 0 Å². The largest absolute Gasteiger partial charge is 0.386 e. The number of amides is 2. The Labute approximate surface area is 263 Å². The van der Waals surface area contributed by atoms with Gasteiger partial charge in [0.25, 0.3) is 5.91 Å². The van der Waals surface area contributed by atoms with E-state index in [1.165, 1.54) is 18.7 Å². The summed E-state index contributed by atoms with van der Waals surface area (Å²) < 4.78 is 1.86. The Bertz CT molecular complexity index is 1550. The third kappa shape index (κ3) is 6.13. The van der Waals surface area contributed by atoms with Gasteiger partial charge in [-0.3, -0.25) is 19.5 Å². The van der Waals surface area contributed by atoms with Crippen molar-refractivity contribution in [3.05, 3.63) is 82.2 Å². The van der Waals surface area contributed by atoms with Gasteiger partial charge in [0.15, 0.2) is 0 Å². The number of aromatic nitrogens is 3. The van der Waals surface area contributed by atoms with E-state index >= 15 is 0 Å². The maximum atomic E-state index is 14.4. The predicted octanol–water partition coefficient (Wildman–Crippen LogP) is 2.77. The molecule has 1 unspecified atom stereocenters. The van der Waals surface area contributed by atoms with E-state index in [9.17, 15) is 19.8 Å². The Kier molecular flexibility index (Phi) is 8.30. The van der Waals surface area contributed by atoms with Gasteiger partial charge in [-0.1, -0.05) is 23.7 Å². The molecule has 3 atom stereocenters. The van der Waals surface area contributed by atoms with Gasteiger partial charge in [0, 0.05) is 43.6 Å². The fraction of sp³-hybridized carbons (Fsp3) is 0.515. The van der Waals surface area contributed by atoms with Crippen molar-refractivity contribution in [2.75, 3.05) is 32.7 Å². The summed E-state index contributed by atoms with van der Waals surface area (Å²) in [5.74, 6) is -0.707. The average molecular weight is 621 g/mol. The zero-order valence-electron chi connectivity index (χ0n) is 25.6. The summed E-state index contributed by atoms with van der Waals surface area (Å²) in [6, 6.07) is 8.96. The number of hydrogen-bond donors (Lipinski definition) is 2. The standard InChI is InChI=1S/C33H41ClN6O4/c1-22-17-37(21-36-22)19-33(44)11-5-13-39(20-33)30(41)27-18-38(14-15-40(27)31(42)32(2,3)43)29-26-10-9-25(34)16-24(26)8-7-23-6-4-12-35-28(23)29/h4,6,9-10,12,16-17,21,27,29,43-44H,5,7-8,11,13-15,18-20H2,1-3H3/t27-,29-,33?/m1/s1. The van der Waals surface area contributed by atoms with Gasteiger partial charge in [0.2, 0.25) is 5.91 Å². The topological polar surface area (TPSA) is 115 Å². The van der Waals surface area contributed by atoms with Crippen LogP contribution >= 0.6 is 11.6 Å². The van der Waals surface area contributed by atoms with Crippen LogP contribution in [0.15, 0.2) is 49.1 Å². The van der Waals surface area contributed by atoms with Gasteiger partial charge < -0.3 is 24.6 Å². The average Bonchev–Trinajstić information content (AvgIpc) is 3.31. The van der Waals surface area contributed by atoms with Crippen LogP contribution in [0.25, 0.3) is 0 Å². The van der Waals surface area contributed by atoms with E-state index in [1.54, 1.807) is 17.4 Å². The van der Waals surface area contributed by atoms with Gasteiger partial charge >= 0.3 is 0 Å². The van der Waals surface area contributed by atoms with Gasteiger partial charge in [-0.15, -0.1) is 0 Å². The molecular weight excluding hydrogens is 580 g/mol. The number of hydrogen-bond acceptors (Lipinski definition) is 7. The number of nitrogens with zero attached hydrogens (tertiary/aromatic N) is 6. The first-order valence-electron chi connectivity index (χ1n) is 15.4. The Hall–Kier alpha value is -3.31. The van der Waals surface area contributed by atoms with Gasteiger partial charge in [0.1, 0.15) is 17.2 Å². The molecule has 3 aromatic rings. The molecule has 44 heavy (non-hydrogen) atoms. The minimum absolute atomic E-state index is 0.152. The molecule has 1 aromatic carbocycles. The molecular formula is C33H41ClN6O4. The number of imidazole rings is 1. The summed E-state index contributed by atoms with van der Waals surface area (Å²) in [5, 5.41) is 23.0. The first-order chi connectivity index (χ1) is 20.9. The summed E-state index contributed by atoms with van der Waals surface area (Å²) >= 11 is 6.42. The number of likely N-dealkylation sites (tertiary alicyclic amines) is 1. The molecule has 2 fully saturated rings. The lowest BCUT2D eigenvalue weighted by Crippen LogP contribution is -2.65. The summed E-state index contributed by atoms with van der Waals surface area (Å²) in [6.07, 6.45) is 8.23. The molecule has 1 aliphatic carbocycles. The molecule has 2 N–H and O–H groups in total. The van der Waals surface area contributed by atoms with E-state index in [2.05, 4.69) is 22.0 Å². The monoisotopic (exact) mass is 620 g/mol. The van der Waals surface area contributed by atoms with Crippen LogP contribution in [0.2, 0.25) is 5.02 Å². The Morgan fingerprint density at radius 3 is 2.66 bits per heavy atom. The summed E-state index contributed by atoms with van der Waals surface area (Å²) in [5.41, 5.74) is 2.45. The quantitative estimate of drug-likeness (QED) is 0.451. The SMILES string of the molecule is Cc1cn(CC2(O)CCCN(C(=O)[C@H]3CN([C@@H]4c5ccc(Cl)cc5CCc5cccnc54)CCN3C(=O)C(C)(C)O)C2)cn1. The number of pyridine rings is 1. The summed E-state index contributed by atoms with van der Waals surface area (Å²) in [4.78, 5) is 42.6. The van der Waals surface area contributed by atoms with Gasteiger partial charge in [-0.25, -0.2) is 4.98 Å². The van der Waals surface area contributed by atoms with E-state index < -0.39 is 23.2 Å². The van der Waals surface area contributed by atoms with Crippen molar-refractivity contribution in [3.8, 4) is 0 Å². The number of carbonyl (C=O) groups is 2. The molecule has 0 saturated carbocycles. The lowest BCUT2D eigenvalue weighted by atomic mass is 9.91. The molecule has 0 spiro atoms. The highest BCUT2D eigenvalue weighted by molar-refractivity contribution is 6.30. The minimum Gasteiger partial charge on any atom is -0.386 e. The molecule has 2 aliphatic heterocycles. The van der Waals surface area contributed by atoms with Crippen LogP contribution in [0, 0.1) is 6.92 Å². The van der Waals surface area contributed by atoms with Crippen LogP contribution in [0.3, 0.4) is 0 Å². The number of aliphatic hydroxyl groups is 2. The lowest BCUT2D eigenvalue weighted by molar-refractivity contribution is -0.162. The molecule has 10 nitrogen and oxygen atoms in total. The first-order valence-corrected chi connectivity index (χ1v) is 15.8. The number of β-amino-alcohol motifs (C(OH)–C–C–N with tert-alkyl or cyclic N) is 1.